The van der Waals surface area contributed by atoms with Crippen molar-refractivity contribution in [2.24, 2.45) is 0 Å². The van der Waals surface area contributed by atoms with Gasteiger partial charge in [-0.05, 0) is 24.1 Å². The second-order valence-corrected chi connectivity index (χ2v) is 3.12. The molecule has 1 unspecified atom stereocenters. The van der Waals surface area contributed by atoms with Crippen molar-refractivity contribution in [3.63, 3.8) is 0 Å². The minimum Gasteiger partial charge on any atom is -0.497 e. The molecule has 2 nitrogen and oxygen atoms in total. The summed E-state index contributed by atoms with van der Waals surface area (Å²) in [5, 5.41) is 9.48. The number of aliphatic hydroxyl groups excluding tert-OH is 1. The van der Waals surface area contributed by atoms with E-state index >= 15 is 0 Å². The average molecular weight is 190 g/mol. The lowest BCUT2D eigenvalue weighted by atomic mass is 10.1. The molecule has 14 heavy (non-hydrogen) atoms. The number of terminal acetylenes is 1. The number of methoxy groups -OCH3 is 1. The number of hydrogen-bond donors (Lipinski definition) is 1. The molecule has 0 amide bonds. The normalized spacial score (nSPS) is 11.8. The van der Waals surface area contributed by atoms with Crippen LogP contribution in [0, 0.1) is 12.3 Å². The molecular weight excluding hydrogens is 176 g/mol. The molecular formula is C12H14O2. The summed E-state index contributed by atoms with van der Waals surface area (Å²) in [7, 11) is 1.62. The second kappa shape index (κ2) is 5.31. The van der Waals surface area contributed by atoms with E-state index in [-0.39, 0.29) is 0 Å². The Labute approximate surface area is 84.5 Å². The molecule has 74 valence electrons. The maximum absolute atomic E-state index is 9.48. The van der Waals surface area contributed by atoms with Gasteiger partial charge in [-0.2, -0.15) is 0 Å². The fraction of sp³-hybridized carbons (Fsp3) is 0.333. The number of ether oxygens (including phenoxy) is 1. The van der Waals surface area contributed by atoms with Gasteiger partial charge in [-0.15, -0.1) is 12.3 Å². The summed E-state index contributed by atoms with van der Waals surface area (Å²) in [5.41, 5.74) is 1.03. The zero-order valence-corrected chi connectivity index (χ0v) is 8.23. The second-order valence-electron chi connectivity index (χ2n) is 3.12. The summed E-state index contributed by atoms with van der Waals surface area (Å²) in [4.78, 5) is 0. The number of benzene rings is 1. The third-order valence-electron chi connectivity index (χ3n) is 1.96. The highest BCUT2D eigenvalue weighted by Crippen LogP contribution is 2.14. The van der Waals surface area contributed by atoms with Crippen molar-refractivity contribution < 1.29 is 9.84 Å². The molecule has 0 fully saturated rings. The monoisotopic (exact) mass is 190 g/mol. The van der Waals surface area contributed by atoms with Gasteiger partial charge in [0.05, 0.1) is 13.2 Å². The first-order chi connectivity index (χ1) is 6.76. The maximum atomic E-state index is 9.48. The van der Waals surface area contributed by atoms with Gasteiger partial charge in [-0.25, -0.2) is 0 Å². The van der Waals surface area contributed by atoms with E-state index in [1.165, 1.54) is 0 Å². The predicted octanol–water partition coefficient (Wildman–Crippen LogP) is 1.62. The molecule has 1 aromatic rings. The molecule has 0 aromatic heterocycles. The topological polar surface area (TPSA) is 29.5 Å². The molecule has 0 saturated carbocycles. The molecule has 0 aliphatic rings. The molecule has 1 aromatic carbocycles. The van der Waals surface area contributed by atoms with E-state index in [1.807, 2.05) is 24.3 Å². The maximum Gasteiger partial charge on any atom is 0.119 e. The van der Waals surface area contributed by atoms with E-state index in [0.29, 0.717) is 12.8 Å². The SMILES string of the molecule is C#CCC(O)Cc1cccc(OC)c1. The van der Waals surface area contributed by atoms with Crippen molar-refractivity contribution in [1.82, 2.24) is 0 Å². The molecule has 0 saturated heterocycles. The van der Waals surface area contributed by atoms with Crippen LogP contribution in [0.3, 0.4) is 0 Å². The van der Waals surface area contributed by atoms with E-state index in [2.05, 4.69) is 5.92 Å². The van der Waals surface area contributed by atoms with Crippen LogP contribution < -0.4 is 4.74 Å². The van der Waals surface area contributed by atoms with E-state index in [9.17, 15) is 5.11 Å². The minimum absolute atomic E-state index is 0.386. The largest absolute Gasteiger partial charge is 0.497 e. The van der Waals surface area contributed by atoms with Crippen LogP contribution in [-0.2, 0) is 6.42 Å². The van der Waals surface area contributed by atoms with Crippen molar-refractivity contribution in [2.45, 2.75) is 18.9 Å². The van der Waals surface area contributed by atoms with E-state index in [4.69, 9.17) is 11.2 Å². The summed E-state index contributed by atoms with van der Waals surface area (Å²) in [6.45, 7) is 0. The first kappa shape index (κ1) is 10.6. The zero-order valence-electron chi connectivity index (χ0n) is 8.23. The van der Waals surface area contributed by atoms with Crippen molar-refractivity contribution in [1.29, 1.82) is 0 Å². The van der Waals surface area contributed by atoms with Gasteiger partial charge in [-0.3, -0.25) is 0 Å². The van der Waals surface area contributed by atoms with Gasteiger partial charge in [0.25, 0.3) is 0 Å². The Morgan fingerprint density at radius 2 is 2.36 bits per heavy atom. The van der Waals surface area contributed by atoms with Gasteiger partial charge < -0.3 is 9.84 Å². The fourth-order valence-corrected chi connectivity index (χ4v) is 1.28. The summed E-state index contributed by atoms with van der Waals surface area (Å²) in [6.07, 6.45) is 5.60. The Morgan fingerprint density at radius 1 is 1.57 bits per heavy atom. The van der Waals surface area contributed by atoms with Crippen molar-refractivity contribution in [3.8, 4) is 18.1 Å². The van der Waals surface area contributed by atoms with Crippen LogP contribution >= 0.6 is 0 Å². The molecule has 0 aliphatic carbocycles. The van der Waals surface area contributed by atoms with Gasteiger partial charge in [0, 0.05) is 6.42 Å². The third kappa shape index (κ3) is 3.12. The van der Waals surface area contributed by atoms with Crippen LogP contribution in [-0.4, -0.2) is 18.3 Å². The van der Waals surface area contributed by atoms with Gasteiger partial charge in [-0.1, -0.05) is 12.1 Å². The van der Waals surface area contributed by atoms with Gasteiger partial charge >= 0.3 is 0 Å². The van der Waals surface area contributed by atoms with Crippen LogP contribution in [0.15, 0.2) is 24.3 Å². The summed E-state index contributed by atoms with van der Waals surface area (Å²) < 4.78 is 5.07. The molecule has 0 radical (unpaired) electrons. The standard InChI is InChI=1S/C12H14O2/c1-3-5-11(13)8-10-6-4-7-12(9-10)14-2/h1,4,6-7,9,11,13H,5,8H2,2H3. The Balaban J connectivity index is 2.63. The molecule has 2 heteroatoms. The fourth-order valence-electron chi connectivity index (χ4n) is 1.28. The highest BCUT2D eigenvalue weighted by Gasteiger charge is 2.04. The number of hydrogen-bond acceptors (Lipinski definition) is 2. The molecule has 0 heterocycles. The number of rotatable bonds is 4. The molecule has 0 spiro atoms. The smallest absolute Gasteiger partial charge is 0.119 e. The van der Waals surface area contributed by atoms with Crippen molar-refractivity contribution in [2.75, 3.05) is 7.11 Å². The van der Waals surface area contributed by atoms with Crippen LogP contribution in [0.25, 0.3) is 0 Å². The van der Waals surface area contributed by atoms with E-state index < -0.39 is 6.10 Å². The summed E-state index contributed by atoms with van der Waals surface area (Å²) in [5.74, 6) is 3.24. The Bertz CT molecular complexity index is 325. The summed E-state index contributed by atoms with van der Waals surface area (Å²) >= 11 is 0. The van der Waals surface area contributed by atoms with Crippen molar-refractivity contribution >= 4 is 0 Å². The summed E-state index contributed by atoms with van der Waals surface area (Å²) in [6, 6.07) is 7.62. The first-order valence-electron chi connectivity index (χ1n) is 4.50. The lowest BCUT2D eigenvalue weighted by Gasteiger charge is -2.08. The van der Waals surface area contributed by atoms with Crippen LogP contribution in [0.4, 0.5) is 0 Å². The highest BCUT2D eigenvalue weighted by molar-refractivity contribution is 5.28. The van der Waals surface area contributed by atoms with Gasteiger partial charge in [0.1, 0.15) is 5.75 Å². The third-order valence-corrected chi connectivity index (χ3v) is 1.96. The predicted molar refractivity (Wildman–Crippen MR) is 56.2 cm³/mol. The molecule has 1 atom stereocenters. The average Bonchev–Trinajstić information content (AvgIpc) is 2.18. The minimum atomic E-state index is -0.466. The van der Waals surface area contributed by atoms with Gasteiger partial charge in [0.15, 0.2) is 0 Å². The van der Waals surface area contributed by atoms with Gasteiger partial charge in [0.2, 0.25) is 0 Å². The molecule has 0 aliphatic heterocycles. The Kier molecular flexibility index (Phi) is 4.03. The lowest BCUT2D eigenvalue weighted by molar-refractivity contribution is 0.180. The van der Waals surface area contributed by atoms with Crippen LogP contribution in [0.1, 0.15) is 12.0 Å². The Morgan fingerprint density at radius 3 is 3.00 bits per heavy atom. The zero-order chi connectivity index (χ0) is 10.4. The highest BCUT2D eigenvalue weighted by atomic mass is 16.5. The van der Waals surface area contributed by atoms with Crippen LogP contribution in [0.2, 0.25) is 0 Å². The Hall–Kier alpha value is -1.46. The van der Waals surface area contributed by atoms with E-state index in [0.717, 1.165) is 11.3 Å². The van der Waals surface area contributed by atoms with Crippen LogP contribution in [0.5, 0.6) is 5.75 Å². The quantitative estimate of drug-likeness (QED) is 0.731. The number of aliphatic hydroxyl groups is 1. The first-order valence-corrected chi connectivity index (χ1v) is 4.50. The molecule has 0 bridgehead atoms. The van der Waals surface area contributed by atoms with Crippen molar-refractivity contribution in [3.05, 3.63) is 29.8 Å². The molecule has 1 N–H and O–H groups in total. The lowest BCUT2D eigenvalue weighted by Crippen LogP contribution is -2.08. The van der Waals surface area contributed by atoms with E-state index in [1.54, 1.807) is 7.11 Å². The molecule has 1 rings (SSSR count).